The van der Waals surface area contributed by atoms with Crippen LogP contribution in [0.4, 0.5) is 24.5 Å². The monoisotopic (exact) mass is 321 g/mol. The number of halogens is 3. The first-order chi connectivity index (χ1) is 10.9. The Morgan fingerprint density at radius 1 is 1.17 bits per heavy atom. The molecule has 0 saturated heterocycles. The van der Waals surface area contributed by atoms with Crippen LogP contribution in [0, 0.1) is 0 Å². The standard InChI is InChI=1S/C16H14F3N3O/c1-2-7-21-14-8-11(9-20-10-14)15(23)22-13-5-3-12(4-6-13)16(17,18)19/h2-6,8-10,21H,1,7H2,(H,22,23). The summed E-state index contributed by atoms with van der Waals surface area (Å²) in [5.74, 6) is -0.459. The maximum Gasteiger partial charge on any atom is 0.416 e. The molecule has 23 heavy (non-hydrogen) atoms. The molecule has 0 bridgehead atoms. The molecular weight excluding hydrogens is 307 g/mol. The number of hydrogen-bond acceptors (Lipinski definition) is 3. The summed E-state index contributed by atoms with van der Waals surface area (Å²) in [7, 11) is 0. The van der Waals surface area contributed by atoms with E-state index in [4.69, 9.17) is 0 Å². The molecule has 0 atom stereocenters. The lowest BCUT2D eigenvalue weighted by atomic mass is 10.2. The minimum atomic E-state index is -4.41. The number of amides is 1. The van der Waals surface area contributed by atoms with Gasteiger partial charge in [0.2, 0.25) is 0 Å². The number of anilines is 2. The number of benzene rings is 1. The number of alkyl halides is 3. The number of nitrogens with zero attached hydrogens (tertiary/aromatic N) is 1. The molecule has 2 aromatic rings. The molecule has 1 aromatic heterocycles. The predicted octanol–water partition coefficient (Wildman–Crippen LogP) is 3.95. The van der Waals surface area contributed by atoms with Crippen molar-refractivity contribution in [2.24, 2.45) is 0 Å². The molecular formula is C16H14F3N3O. The van der Waals surface area contributed by atoms with E-state index >= 15 is 0 Å². The van der Waals surface area contributed by atoms with Gasteiger partial charge in [-0.3, -0.25) is 9.78 Å². The van der Waals surface area contributed by atoms with E-state index in [0.717, 1.165) is 12.1 Å². The lowest BCUT2D eigenvalue weighted by Gasteiger charge is -2.09. The zero-order valence-corrected chi connectivity index (χ0v) is 12.0. The van der Waals surface area contributed by atoms with E-state index < -0.39 is 17.6 Å². The van der Waals surface area contributed by atoms with Crippen molar-refractivity contribution in [1.29, 1.82) is 0 Å². The van der Waals surface area contributed by atoms with Crippen molar-refractivity contribution in [3.05, 3.63) is 66.5 Å². The fourth-order valence-corrected chi connectivity index (χ4v) is 1.80. The molecule has 1 heterocycles. The summed E-state index contributed by atoms with van der Waals surface area (Å²) in [6.07, 6.45) is 0.184. The highest BCUT2D eigenvalue weighted by atomic mass is 19.4. The first-order valence-corrected chi connectivity index (χ1v) is 6.68. The van der Waals surface area contributed by atoms with Gasteiger partial charge >= 0.3 is 6.18 Å². The lowest BCUT2D eigenvalue weighted by Crippen LogP contribution is -2.13. The van der Waals surface area contributed by atoms with Crippen LogP contribution in [0.15, 0.2) is 55.4 Å². The Kier molecular flexibility index (Phi) is 5.00. The van der Waals surface area contributed by atoms with Gasteiger partial charge in [-0.15, -0.1) is 6.58 Å². The topological polar surface area (TPSA) is 54.0 Å². The second-order valence-electron chi connectivity index (χ2n) is 4.66. The zero-order valence-electron chi connectivity index (χ0n) is 12.0. The van der Waals surface area contributed by atoms with Gasteiger partial charge in [-0.25, -0.2) is 0 Å². The summed E-state index contributed by atoms with van der Waals surface area (Å²) in [5.41, 5.74) is 0.434. The summed E-state index contributed by atoms with van der Waals surface area (Å²) in [5, 5.41) is 5.52. The first-order valence-electron chi connectivity index (χ1n) is 6.68. The Morgan fingerprint density at radius 3 is 2.48 bits per heavy atom. The molecule has 0 radical (unpaired) electrons. The third-order valence-electron chi connectivity index (χ3n) is 2.92. The molecule has 1 aromatic carbocycles. The summed E-state index contributed by atoms with van der Waals surface area (Å²) in [4.78, 5) is 16.0. The minimum absolute atomic E-state index is 0.271. The number of rotatable bonds is 5. The summed E-state index contributed by atoms with van der Waals surface area (Å²) >= 11 is 0. The molecule has 0 fully saturated rings. The zero-order chi connectivity index (χ0) is 16.9. The molecule has 0 aliphatic heterocycles. The minimum Gasteiger partial charge on any atom is -0.380 e. The van der Waals surface area contributed by atoms with Crippen molar-refractivity contribution in [3.8, 4) is 0 Å². The van der Waals surface area contributed by atoms with Crippen LogP contribution >= 0.6 is 0 Å². The molecule has 0 saturated carbocycles. The normalized spacial score (nSPS) is 10.9. The summed E-state index contributed by atoms with van der Waals surface area (Å²) in [6, 6.07) is 5.82. The van der Waals surface area contributed by atoms with Gasteiger partial charge in [0.05, 0.1) is 16.8 Å². The molecule has 120 valence electrons. The average molecular weight is 321 g/mol. The Bertz CT molecular complexity index is 696. The molecule has 4 nitrogen and oxygen atoms in total. The number of aromatic nitrogens is 1. The first kappa shape index (κ1) is 16.5. The second kappa shape index (κ2) is 6.95. The maximum atomic E-state index is 12.5. The van der Waals surface area contributed by atoms with Crippen LogP contribution in [0.3, 0.4) is 0 Å². The predicted molar refractivity (Wildman–Crippen MR) is 82.3 cm³/mol. The third kappa shape index (κ3) is 4.57. The quantitative estimate of drug-likeness (QED) is 0.820. The third-order valence-corrected chi connectivity index (χ3v) is 2.92. The van der Waals surface area contributed by atoms with E-state index in [0.29, 0.717) is 17.8 Å². The highest BCUT2D eigenvalue weighted by Crippen LogP contribution is 2.29. The van der Waals surface area contributed by atoms with Gasteiger partial charge in [-0.1, -0.05) is 6.08 Å². The second-order valence-corrected chi connectivity index (χ2v) is 4.66. The molecule has 1 amide bonds. The molecule has 0 unspecified atom stereocenters. The number of nitrogens with one attached hydrogen (secondary N) is 2. The fraction of sp³-hybridized carbons (Fsp3) is 0.125. The Hall–Kier alpha value is -2.83. The maximum absolute atomic E-state index is 12.5. The van der Waals surface area contributed by atoms with Crippen LogP contribution in [0.1, 0.15) is 15.9 Å². The van der Waals surface area contributed by atoms with E-state index in [-0.39, 0.29) is 5.69 Å². The average Bonchev–Trinajstić information content (AvgIpc) is 2.53. The highest BCUT2D eigenvalue weighted by Gasteiger charge is 2.29. The van der Waals surface area contributed by atoms with E-state index in [2.05, 4.69) is 22.2 Å². The molecule has 0 aliphatic rings. The molecule has 7 heteroatoms. The van der Waals surface area contributed by atoms with Gasteiger partial charge in [0.1, 0.15) is 0 Å². The van der Waals surface area contributed by atoms with Gasteiger partial charge in [0.15, 0.2) is 0 Å². The Balaban J connectivity index is 2.08. The van der Waals surface area contributed by atoms with Gasteiger partial charge < -0.3 is 10.6 Å². The number of carbonyl (C=O) groups excluding carboxylic acids is 1. The number of hydrogen-bond donors (Lipinski definition) is 2. The smallest absolute Gasteiger partial charge is 0.380 e. The van der Waals surface area contributed by atoms with Gasteiger partial charge in [0, 0.05) is 24.6 Å². The highest BCUT2D eigenvalue weighted by molar-refractivity contribution is 6.04. The SMILES string of the molecule is C=CCNc1cncc(C(=O)Nc2ccc(C(F)(F)F)cc2)c1. The fourth-order valence-electron chi connectivity index (χ4n) is 1.80. The van der Waals surface area contributed by atoms with Gasteiger partial charge in [-0.05, 0) is 30.3 Å². The van der Waals surface area contributed by atoms with Crippen LogP contribution in [0.2, 0.25) is 0 Å². The van der Waals surface area contributed by atoms with Crippen molar-refractivity contribution in [1.82, 2.24) is 4.98 Å². The molecule has 0 spiro atoms. The van der Waals surface area contributed by atoms with Gasteiger partial charge in [-0.2, -0.15) is 13.2 Å². The van der Waals surface area contributed by atoms with E-state index in [9.17, 15) is 18.0 Å². The lowest BCUT2D eigenvalue weighted by molar-refractivity contribution is -0.137. The van der Waals surface area contributed by atoms with Crippen molar-refractivity contribution in [2.75, 3.05) is 17.2 Å². The van der Waals surface area contributed by atoms with Crippen LogP contribution < -0.4 is 10.6 Å². The van der Waals surface area contributed by atoms with E-state index in [1.807, 2.05) is 0 Å². The summed E-state index contributed by atoms with van der Waals surface area (Å²) in [6.45, 7) is 4.09. The van der Waals surface area contributed by atoms with Crippen LogP contribution in [0.5, 0.6) is 0 Å². The van der Waals surface area contributed by atoms with Crippen LogP contribution in [-0.4, -0.2) is 17.4 Å². The van der Waals surface area contributed by atoms with Crippen molar-refractivity contribution in [2.45, 2.75) is 6.18 Å². The van der Waals surface area contributed by atoms with E-state index in [1.165, 1.54) is 18.3 Å². The molecule has 0 aliphatic carbocycles. The Morgan fingerprint density at radius 2 is 1.87 bits per heavy atom. The van der Waals surface area contributed by atoms with Crippen LogP contribution in [-0.2, 0) is 6.18 Å². The molecule has 2 N–H and O–H groups in total. The molecule has 2 rings (SSSR count). The summed E-state index contributed by atoms with van der Waals surface area (Å²) < 4.78 is 37.5. The van der Waals surface area contributed by atoms with E-state index in [1.54, 1.807) is 18.3 Å². The van der Waals surface area contributed by atoms with Crippen molar-refractivity contribution in [3.63, 3.8) is 0 Å². The number of pyridine rings is 1. The van der Waals surface area contributed by atoms with Crippen molar-refractivity contribution >= 4 is 17.3 Å². The van der Waals surface area contributed by atoms with Crippen molar-refractivity contribution < 1.29 is 18.0 Å². The van der Waals surface area contributed by atoms with Crippen LogP contribution in [0.25, 0.3) is 0 Å². The largest absolute Gasteiger partial charge is 0.416 e. The Labute approximate surface area is 131 Å². The number of carbonyl (C=O) groups is 1. The van der Waals surface area contributed by atoms with Gasteiger partial charge in [0.25, 0.3) is 5.91 Å².